The summed E-state index contributed by atoms with van der Waals surface area (Å²) >= 11 is 0. The minimum Gasteiger partial charge on any atom is -0.494 e. The van der Waals surface area contributed by atoms with Crippen LogP contribution in [-0.2, 0) is 0 Å². The molecule has 3 heteroatoms. The van der Waals surface area contributed by atoms with Crippen LogP contribution in [0.4, 0.5) is 0 Å². The molecule has 2 rings (SSSR count). The van der Waals surface area contributed by atoms with Gasteiger partial charge in [0.15, 0.2) is 0 Å². The van der Waals surface area contributed by atoms with E-state index in [2.05, 4.69) is 42.3 Å². The predicted octanol–water partition coefficient (Wildman–Crippen LogP) is 3.57. The van der Waals surface area contributed by atoms with Crippen LogP contribution in [0.3, 0.4) is 0 Å². The highest BCUT2D eigenvalue weighted by molar-refractivity contribution is 5.33. The number of ether oxygens (including phenoxy) is 1. The fourth-order valence-corrected chi connectivity index (χ4v) is 2.12. The van der Waals surface area contributed by atoms with Gasteiger partial charge in [0, 0.05) is 6.20 Å². The lowest BCUT2D eigenvalue weighted by molar-refractivity contribution is 0.317. The average Bonchev–Trinajstić information content (AvgIpc) is 2.52. The number of hydrogen-bond donors (Lipinski definition) is 1. The molecule has 106 valence electrons. The molecule has 3 nitrogen and oxygen atoms in total. The molecule has 0 spiro atoms. The lowest BCUT2D eigenvalue weighted by atomic mass is 10.0. The standard InChI is InChI=1S/C17H22N2O/c1-3-13-20-15-10-8-14(9-11-15)17(18-4-2)16-7-5-6-12-19-16/h5-12,17-18H,3-4,13H2,1-2H3. The van der Waals surface area contributed by atoms with Gasteiger partial charge in [0.2, 0.25) is 0 Å². The largest absolute Gasteiger partial charge is 0.494 e. The summed E-state index contributed by atoms with van der Waals surface area (Å²) in [6.45, 7) is 5.87. The van der Waals surface area contributed by atoms with E-state index in [0.717, 1.165) is 31.0 Å². The van der Waals surface area contributed by atoms with E-state index >= 15 is 0 Å². The molecule has 1 heterocycles. The normalized spacial score (nSPS) is 12.1. The Morgan fingerprint density at radius 2 is 1.90 bits per heavy atom. The summed E-state index contributed by atoms with van der Waals surface area (Å²) in [5.74, 6) is 0.923. The SMILES string of the molecule is CCCOc1ccc(C(NCC)c2ccccn2)cc1. The summed E-state index contributed by atoms with van der Waals surface area (Å²) in [5.41, 5.74) is 2.24. The van der Waals surface area contributed by atoms with Crippen LogP contribution in [0.1, 0.15) is 37.6 Å². The second-order valence-electron chi connectivity index (χ2n) is 4.66. The van der Waals surface area contributed by atoms with Crippen molar-refractivity contribution in [3.63, 3.8) is 0 Å². The Bertz CT molecular complexity index is 496. The van der Waals surface area contributed by atoms with Gasteiger partial charge in [-0.15, -0.1) is 0 Å². The third-order valence-corrected chi connectivity index (χ3v) is 3.08. The first kappa shape index (κ1) is 14.5. The zero-order valence-corrected chi connectivity index (χ0v) is 12.2. The first-order valence-electron chi connectivity index (χ1n) is 7.22. The van der Waals surface area contributed by atoms with Crippen molar-refractivity contribution in [2.24, 2.45) is 0 Å². The summed E-state index contributed by atoms with van der Waals surface area (Å²) in [4.78, 5) is 4.45. The van der Waals surface area contributed by atoms with Crippen molar-refractivity contribution in [2.45, 2.75) is 26.3 Å². The Balaban J connectivity index is 2.17. The van der Waals surface area contributed by atoms with Gasteiger partial charge in [-0.25, -0.2) is 0 Å². The molecular weight excluding hydrogens is 248 g/mol. The molecule has 0 aliphatic heterocycles. The number of pyridine rings is 1. The molecule has 0 aliphatic carbocycles. The maximum Gasteiger partial charge on any atom is 0.119 e. The second-order valence-corrected chi connectivity index (χ2v) is 4.66. The van der Waals surface area contributed by atoms with Crippen LogP contribution in [0, 0.1) is 0 Å². The van der Waals surface area contributed by atoms with E-state index in [1.807, 2.05) is 30.5 Å². The highest BCUT2D eigenvalue weighted by Crippen LogP contribution is 2.22. The molecule has 0 amide bonds. The van der Waals surface area contributed by atoms with E-state index in [1.54, 1.807) is 0 Å². The zero-order chi connectivity index (χ0) is 14.2. The predicted molar refractivity (Wildman–Crippen MR) is 82.0 cm³/mol. The van der Waals surface area contributed by atoms with Crippen LogP contribution in [0.5, 0.6) is 5.75 Å². The summed E-state index contributed by atoms with van der Waals surface area (Å²) < 4.78 is 5.62. The van der Waals surface area contributed by atoms with Gasteiger partial charge in [0.25, 0.3) is 0 Å². The van der Waals surface area contributed by atoms with Crippen molar-refractivity contribution in [1.29, 1.82) is 0 Å². The minimum absolute atomic E-state index is 0.126. The molecule has 0 saturated carbocycles. The minimum atomic E-state index is 0.126. The molecule has 2 aromatic rings. The number of nitrogens with zero attached hydrogens (tertiary/aromatic N) is 1. The first-order chi connectivity index (χ1) is 9.85. The fraction of sp³-hybridized carbons (Fsp3) is 0.353. The number of hydrogen-bond acceptors (Lipinski definition) is 3. The molecule has 1 N–H and O–H groups in total. The molecule has 0 fully saturated rings. The Morgan fingerprint density at radius 1 is 1.10 bits per heavy atom. The quantitative estimate of drug-likeness (QED) is 0.835. The Morgan fingerprint density at radius 3 is 2.50 bits per heavy atom. The average molecular weight is 270 g/mol. The zero-order valence-electron chi connectivity index (χ0n) is 12.2. The smallest absolute Gasteiger partial charge is 0.119 e. The third-order valence-electron chi connectivity index (χ3n) is 3.08. The van der Waals surface area contributed by atoms with Gasteiger partial charge in [-0.3, -0.25) is 4.98 Å². The van der Waals surface area contributed by atoms with Gasteiger partial charge in [-0.2, -0.15) is 0 Å². The van der Waals surface area contributed by atoms with E-state index in [0.29, 0.717) is 0 Å². The molecule has 0 bridgehead atoms. The van der Waals surface area contributed by atoms with Crippen LogP contribution >= 0.6 is 0 Å². The van der Waals surface area contributed by atoms with E-state index in [4.69, 9.17) is 4.74 Å². The van der Waals surface area contributed by atoms with Crippen molar-refractivity contribution >= 4 is 0 Å². The third kappa shape index (κ3) is 3.81. The van der Waals surface area contributed by atoms with E-state index in [-0.39, 0.29) is 6.04 Å². The van der Waals surface area contributed by atoms with Crippen LogP contribution < -0.4 is 10.1 Å². The molecule has 20 heavy (non-hydrogen) atoms. The molecule has 0 radical (unpaired) electrons. The van der Waals surface area contributed by atoms with Crippen LogP contribution in [0.25, 0.3) is 0 Å². The van der Waals surface area contributed by atoms with Gasteiger partial charge < -0.3 is 10.1 Å². The van der Waals surface area contributed by atoms with Crippen molar-refractivity contribution in [3.05, 3.63) is 59.9 Å². The molecular formula is C17H22N2O. The molecule has 1 aromatic carbocycles. The number of aromatic nitrogens is 1. The second kappa shape index (κ2) is 7.65. The Kier molecular flexibility index (Phi) is 5.56. The highest BCUT2D eigenvalue weighted by atomic mass is 16.5. The number of nitrogens with one attached hydrogen (secondary N) is 1. The summed E-state index contributed by atoms with van der Waals surface area (Å²) in [7, 11) is 0. The van der Waals surface area contributed by atoms with Crippen LogP contribution in [0.15, 0.2) is 48.7 Å². The summed E-state index contributed by atoms with van der Waals surface area (Å²) in [5, 5.41) is 3.47. The van der Waals surface area contributed by atoms with Gasteiger partial charge in [-0.1, -0.05) is 32.0 Å². The van der Waals surface area contributed by atoms with Crippen molar-refractivity contribution in [2.75, 3.05) is 13.2 Å². The van der Waals surface area contributed by atoms with Gasteiger partial charge in [-0.05, 0) is 42.8 Å². The van der Waals surface area contributed by atoms with Gasteiger partial charge in [0.05, 0.1) is 18.3 Å². The fourth-order valence-electron chi connectivity index (χ4n) is 2.12. The van der Waals surface area contributed by atoms with Crippen LogP contribution in [0.2, 0.25) is 0 Å². The van der Waals surface area contributed by atoms with Crippen LogP contribution in [-0.4, -0.2) is 18.1 Å². The number of benzene rings is 1. The van der Waals surface area contributed by atoms with Crippen molar-refractivity contribution in [3.8, 4) is 5.75 Å². The summed E-state index contributed by atoms with van der Waals surface area (Å²) in [6, 6.07) is 14.4. The molecule has 1 atom stereocenters. The topological polar surface area (TPSA) is 34.1 Å². The molecule has 1 aromatic heterocycles. The lowest BCUT2D eigenvalue weighted by Gasteiger charge is -2.18. The molecule has 0 saturated heterocycles. The highest BCUT2D eigenvalue weighted by Gasteiger charge is 2.13. The van der Waals surface area contributed by atoms with Gasteiger partial charge in [0.1, 0.15) is 5.75 Å². The molecule has 1 unspecified atom stereocenters. The molecule has 0 aliphatic rings. The van der Waals surface area contributed by atoms with E-state index in [1.165, 1.54) is 5.56 Å². The van der Waals surface area contributed by atoms with Crippen molar-refractivity contribution < 1.29 is 4.74 Å². The monoisotopic (exact) mass is 270 g/mol. The van der Waals surface area contributed by atoms with E-state index < -0.39 is 0 Å². The van der Waals surface area contributed by atoms with E-state index in [9.17, 15) is 0 Å². The lowest BCUT2D eigenvalue weighted by Crippen LogP contribution is -2.22. The van der Waals surface area contributed by atoms with Gasteiger partial charge >= 0.3 is 0 Å². The Hall–Kier alpha value is -1.87. The maximum absolute atomic E-state index is 5.62. The number of rotatable bonds is 7. The Labute approximate surface area is 121 Å². The summed E-state index contributed by atoms with van der Waals surface area (Å²) in [6.07, 6.45) is 2.86. The van der Waals surface area contributed by atoms with Crippen molar-refractivity contribution in [1.82, 2.24) is 10.3 Å². The maximum atomic E-state index is 5.62. The first-order valence-corrected chi connectivity index (χ1v) is 7.22.